The number of hydrogen-bond donors (Lipinski definition) is 1. The van der Waals surface area contributed by atoms with Crippen molar-refractivity contribution in [3.8, 4) is 0 Å². The Morgan fingerprint density at radius 2 is 2.11 bits per heavy atom. The largest absolute Gasteiger partial charge is 0.481 e. The van der Waals surface area contributed by atoms with E-state index in [1.54, 1.807) is 6.92 Å². The Bertz CT molecular complexity index is 420. The first-order chi connectivity index (χ1) is 8.76. The molecular weight excluding hydrogens is 270 g/mol. The Hall–Kier alpha value is -0.660. The number of nitrogens with zero attached hydrogens (tertiary/aromatic N) is 1. The fourth-order valence-electron chi connectivity index (χ4n) is 2.36. The molecule has 1 N–H and O–H groups in total. The fourth-order valence-corrected chi connectivity index (χ4v) is 3.75. The monoisotopic (exact) mass is 293 g/mol. The molecule has 19 heavy (non-hydrogen) atoms. The summed E-state index contributed by atoms with van der Waals surface area (Å²) in [6, 6.07) is 0. The summed E-state index contributed by atoms with van der Waals surface area (Å²) in [7, 11) is -3.43. The molecule has 6 nitrogen and oxygen atoms in total. The summed E-state index contributed by atoms with van der Waals surface area (Å²) in [5.74, 6) is -1.10. The van der Waals surface area contributed by atoms with Crippen LogP contribution >= 0.6 is 0 Å². The van der Waals surface area contributed by atoms with E-state index >= 15 is 0 Å². The normalized spacial score (nSPS) is 25.1. The second-order valence-corrected chi connectivity index (χ2v) is 7.30. The Kier molecular flexibility index (Phi) is 5.34. The summed E-state index contributed by atoms with van der Waals surface area (Å²) >= 11 is 0. The van der Waals surface area contributed by atoms with Gasteiger partial charge in [-0.3, -0.25) is 4.79 Å². The number of rotatable bonds is 7. The summed E-state index contributed by atoms with van der Waals surface area (Å²) in [6.45, 7) is 6.41. The van der Waals surface area contributed by atoms with Crippen molar-refractivity contribution in [2.24, 2.45) is 11.3 Å². The van der Waals surface area contributed by atoms with Gasteiger partial charge in [0.15, 0.2) is 0 Å². The number of ether oxygens (including phenoxy) is 1. The zero-order valence-electron chi connectivity index (χ0n) is 11.8. The average Bonchev–Trinajstić information content (AvgIpc) is 2.75. The molecule has 0 bridgehead atoms. The van der Waals surface area contributed by atoms with E-state index in [0.717, 1.165) is 0 Å². The number of sulfonamides is 1. The molecule has 0 radical (unpaired) electrons. The molecule has 0 aromatic heterocycles. The van der Waals surface area contributed by atoms with Crippen LogP contribution in [0.2, 0.25) is 0 Å². The number of carbonyl (C=O) groups is 1. The lowest BCUT2D eigenvalue weighted by molar-refractivity contribution is -0.150. The summed E-state index contributed by atoms with van der Waals surface area (Å²) in [5, 5.41) is 9.39. The maximum Gasteiger partial charge on any atom is 0.311 e. The lowest BCUT2D eigenvalue weighted by atomic mass is 9.77. The fraction of sp³-hybridized carbons (Fsp3) is 0.917. The van der Waals surface area contributed by atoms with Crippen molar-refractivity contribution in [3.63, 3.8) is 0 Å². The molecule has 0 saturated carbocycles. The van der Waals surface area contributed by atoms with E-state index in [1.165, 1.54) is 4.31 Å². The van der Waals surface area contributed by atoms with Crippen LogP contribution in [0.1, 0.15) is 27.2 Å². The van der Waals surface area contributed by atoms with Gasteiger partial charge in [0.25, 0.3) is 0 Å². The maximum absolute atomic E-state index is 12.1. The van der Waals surface area contributed by atoms with Crippen LogP contribution in [-0.4, -0.2) is 55.9 Å². The molecule has 112 valence electrons. The van der Waals surface area contributed by atoms with E-state index in [2.05, 4.69) is 0 Å². The molecule has 1 aliphatic rings. The second-order valence-electron chi connectivity index (χ2n) is 5.21. The van der Waals surface area contributed by atoms with Crippen molar-refractivity contribution in [2.75, 3.05) is 32.1 Å². The van der Waals surface area contributed by atoms with Crippen LogP contribution in [0.3, 0.4) is 0 Å². The van der Waals surface area contributed by atoms with E-state index in [9.17, 15) is 18.3 Å². The summed E-state index contributed by atoms with van der Waals surface area (Å²) in [4.78, 5) is 11.5. The maximum atomic E-state index is 12.1. The van der Waals surface area contributed by atoms with Gasteiger partial charge in [-0.25, -0.2) is 12.7 Å². The molecule has 1 heterocycles. The molecule has 0 aromatic carbocycles. The van der Waals surface area contributed by atoms with Gasteiger partial charge in [0, 0.05) is 19.7 Å². The van der Waals surface area contributed by atoms with Gasteiger partial charge in [-0.15, -0.1) is 0 Å². The predicted molar refractivity (Wildman–Crippen MR) is 71.4 cm³/mol. The van der Waals surface area contributed by atoms with Gasteiger partial charge in [0.05, 0.1) is 17.8 Å². The van der Waals surface area contributed by atoms with Crippen molar-refractivity contribution in [1.82, 2.24) is 4.31 Å². The summed E-state index contributed by atoms with van der Waals surface area (Å²) in [5.41, 5.74) is -0.960. The Morgan fingerprint density at radius 1 is 1.47 bits per heavy atom. The average molecular weight is 293 g/mol. The molecule has 0 aromatic rings. The third-order valence-corrected chi connectivity index (χ3v) is 5.66. The van der Waals surface area contributed by atoms with Crippen LogP contribution in [-0.2, 0) is 19.6 Å². The SMILES string of the molecule is CCOCCS(=O)(=O)N1CCC(C(=O)O)(C(C)C)C1. The molecular formula is C12H23NO5S. The quantitative estimate of drug-likeness (QED) is 0.701. The molecule has 1 saturated heterocycles. The summed E-state index contributed by atoms with van der Waals surface area (Å²) in [6.07, 6.45) is 0.369. The molecule has 7 heteroatoms. The smallest absolute Gasteiger partial charge is 0.311 e. The number of aliphatic carboxylic acids is 1. The Morgan fingerprint density at radius 3 is 2.53 bits per heavy atom. The van der Waals surface area contributed by atoms with Crippen LogP contribution in [0, 0.1) is 11.3 Å². The minimum atomic E-state index is -3.43. The van der Waals surface area contributed by atoms with Crippen LogP contribution in [0.5, 0.6) is 0 Å². The highest BCUT2D eigenvalue weighted by Crippen LogP contribution is 2.39. The molecule has 1 fully saturated rings. The van der Waals surface area contributed by atoms with Crippen LogP contribution < -0.4 is 0 Å². The second kappa shape index (κ2) is 6.19. The van der Waals surface area contributed by atoms with Crippen molar-refractivity contribution in [3.05, 3.63) is 0 Å². The number of carboxylic acids is 1. The third kappa shape index (κ3) is 3.46. The predicted octanol–water partition coefficient (Wildman–Crippen LogP) is 0.785. The van der Waals surface area contributed by atoms with Gasteiger partial charge in [0.2, 0.25) is 10.0 Å². The van der Waals surface area contributed by atoms with Gasteiger partial charge in [-0.1, -0.05) is 13.8 Å². The lowest BCUT2D eigenvalue weighted by Crippen LogP contribution is -2.41. The molecule has 0 amide bonds. The molecule has 1 aliphatic heterocycles. The van der Waals surface area contributed by atoms with E-state index in [-0.39, 0.29) is 31.4 Å². The molecule has 1 unspecified atom stereocenters. The van der Waals surface area contributed by atoms with Gasteiger partial charge in [-0.2, -0.15) is 0 Å². The van der Waals surface area contributed by atoms with Gasteiger partial charge in [-0.05, 0) is 19.3 Å². The van der Waals surface area contributed by atoms with Gasteiger partial charge >= 0.3 is 5.97 Å². The zero-order chi connectivity index (χ0) is 14.7. The van der Waals surface area contributed by atoms with Crippen LogP contribution in [0.15, 0.2) is 0 Å². The van der Waals surface area contributed by atoms with E-state index in [1.807, 2.05) is 13.8 Å². The highest BCUT2D eigenvalue weighted by molar-refractivity contribution is 7.89. The minimum absolute atomic E-state index is 0.0639. The topological polar surface area (TPSA) is 83.9 Å². The molecule has 0 spiro atoms. The van der Waals surface area contributed by atoms with E-state index in [4.69, 9.17) is 4.74 Å². The first-order valence-electron chi connectivity index (χ1n) is 6.55. The standard InChI is InChI=1S/C12H23NO5S/c1-4-18-7-8-19(16,17)13-6-5-12(9-13,10(2)3)11(14)15/h10H,4-9H2,1-3H3,(H,14,15). The van der Waals surface area contributed by atoms with Crippen molar-refractivity contribution in [2.45, 2.75) is 27.2 Å². The third-order valence-electron chi connectivity index (χ3n) is 3.88. The first kappa shape index (κ1) is 16.4. The minimum Gasteiger partial charge on any atom is -0.481 e. The lowest BCUT2D eigenvalue weighted by Gasteiger charge is -2.28. The Balaban J connectivity index is 2.76. The van der Waals surface area contributed by atoms with Gasteiger partial charge in [0.1, 0.15) is 0 Å². The number of hydrogen-bond acceptors (Lipinski definition) is 4. The molecule has 1 rings (SSSR count). The van der Waals surface area contributed by atoms with E-state index in [0.29, 0.717) is 13.0 Å². The van der Waals surface area contributed by atoms with Gasteiger partial charge < -0.3 is 9.84 Å². The van der Waals surface area contributed by atoms with Crippen molar-refractivity contribution < 1.29 is 23.1 Å². The highest BCUT2D eigenvalue weighted by atomic mass is 32.2. The Labute approximate surface area is 114 Å². The molecule has 1 atom stereocenters. The van der Waals surface area contributed by atoms with Crippen molar-refractivity contribution >= 4 is 16.0 Å². The zero-order valence-corrected chi connectivity index (χ0v) is 12.6. The summed E-state index contributed by atoms with van der Waals surface area (Å²) < 4.78 is 30.5. The van der Waals surface area contributed by atoms with Crippen molar-refractivity contribution in [1.29, 1.82) is 0 Å². The number of carboxylic acid groups (broad SMARTS) is 1. The highest BCUT2D eigenvalue weighted by Gasteiger charge is 2.49. The first-order valence-corrected chi connectivity index (χ1v) is 8.16. The van der Waals surface area contributed by atoms with Crippen LogP contribution in [0.25, 0.3) is 0 Å². The van der Waals surface area contributed by atoms with E-state index < -0.39 is 21.4 Å². The molecule has 0 aliphatic carbocycles. The van der Waals surface area contributed by atoms with Crippen LogP contribution in [0.4, 0.5) is 0 Å².